The normalized spacial score (nSPS) is 27.1. The van der Waals surface area contributed by atoms with Crippen LogP contribution in [0.5, 0.6) is 0 Å². The van der Waals surface area contributed by atoms with E-state index in [1.54, 1.807) is 0 Å². The molecule has 1 aliphatic carbocycles. The maximum atomic E-state index is 12.0. The van der Waals surface area contributed by atoms with Crippen LogP contribution in [0.25, 0.3) is 11.0 Å². The van der Waals surface area contributed by atoms with Crippen LogP contribution in [0.2, 0.25) is 0 Å². The summed E-state index contributed by atoms with van der Waals surface area (Å²) in [5, 5.41) is 20.3. The van der Waals surface area contributed by atoms with Gasteiger partial charge in [-0.2, -0.15) is 0 Å². The van der Waals surface area contributed by atoms with E-state index in [2.05, 4.69) is 33.9 Å². The smallest absolute Gasteiger partial charge is 0.313 e. The Morgan fingerprint density at radius 1 is 1.38 bits per heavy atom. The third-order valence-electron chi connectivity index (χ3n) is 5.99. The lowest BCUT2D eigenvalue weighted by Gasteiger charge is -2.43. The predicted octanol–water partition coefficient (Wildman–Crippen LogP) is 2.35. The summed E-state index contributed by atoms with van der Waals surface area (Å²) in [6.45, 7) is 3.98. The molecule has 1 saturated carbocycles. The zero-order valence-corrected chi connectivity index (χ0v) is 15.2. The van der Waals surface area contributed by atoms with E-state index in [-0.39, 0.29) is 0 Å². The van der Waals surface area contributed by atoms with Crippen LogP contribution < -0.4 is 0 Å². The number of H-pyrrole nitrogens is 1. The number of carbonyl (C=O) groups is 1. The molecule has 6 nitrogen and oxygen atoms in total. The summed E-state index contributed by atoms with van der Waals surface area (Å²) in [7, 11) is 0. The van der Waals surface area contributed by atoms with E-state index >= 15 is 0 Å². The molecule has 0 bridgehead atoms. The van der Waals surface area contributed by atoms with E-state index < -0.39 is 17.5 Å². The number of aliphatic hydroxyl groups excluding tert-OH is 1. The number of carboxylic acids is 1. The Balaban J connectivity index is 1.44. The molecule has 2 aliphatic rings. The van der Waals surface area contributed by atoms with Crippen LogP contribution in [-0.4, -0.2) is 56.8 Å². The molecule has 1 saturated heterocycles. The van der Waals surface area contributed by atoms with Gasteiger partial charge in [-0.05, 0) is 43.4 Å². The first-order chi connectivity index (χ1) is 12.5. The second kappa shape index (κ2) is 6.67. The summed E-state index contributed by atoms with van der Waals surface area (Å²) >= 11 is 0. The molecule has 26 heavy (non-hydrogen) atoms. The molecule has 3 N–H and O–H groups in total. The van der Waals surface area contributed by atoms with Crippen LogP contribution in [0.1, 0.15) is 37.1 Å². The van der Waals surface area contributed by atoms with Crippen molar-refractivity contribution < 1.29 is 15.0 Å². The lowest BCUT2D eigenvalue weighted by molar-refractivity contribution is -0.164. The molecule has 140 valence electrons. The molecule has 0 unspecified atom stereocenters. The molecule has 1 aliphatic heterocycles. The average molecular weight is 357 g/mol. The van der Waals surface area contributed by atoms with Crippen LogP contribution in [0, 0.1) is 18.3 Å². The van der Waals surface area contributed by atoms with Gasteiger partial charge >= 0.3 is 5.97 Å². The zero-order chi connectivity index (χ0) is 18.3. The van der Waals surface area contributed by atoms with Crippen molar-refractivity contribution in [3.63, 3.8) is 0 Å². The van der Waals surface area contributed by atoms with Gasteiger partial charge in [0.15, 0.2) is 0 Å². The summed E-state index contributed by atoms with van der Waals surface area (Å²) in [4.78, 5) is 22.2. The van der Waals surface area contributed by atoms with Crippen LogP contribution >= 0.6 is 0 Å². The molecule has 0 spiro atoms. The number of likely N-dealkylation sites (tertiary alicyclic amines) is 1. The number of benzene rings is 1. The summed E-state index contributed by atoms with van der Waals surface area (Å²) in [5.74, 6) is 0.556. The highest BCUT2D eigenvalue weighted by Gasteiger charge is 2.51. The SMILES string of the molecule is Cc1ccc2nc(CCN3CC[C@H](O)[C@@](CC4CC4)(C(=O)O)C3)[nH]c2c1. The number of aromatic amines is 1. The van der Waals surface area contributed by atoms with Gasteiger partial charge in [0.25, 0.3) is 0 Å². The first-order valence-corrected chi connectivity index (χ1v) is 9.55. The highest BCUT2D eigenvalue weighted by molar-refractivity contribution is 5.76. The lowest BCUT2D eigenvalue weighted by atomic mass is 9.73. The molecule has 1 aromatic heterocycles. The molecule has 2 fully saturated rings. The lowest BCUT2D eigenvalue weighted by Crippen LogP contribution is -2.56. The molecule has 0 amide bonds. The Kier molecular flexibility index (Phi) is 4.49. The molecule has 2 aromatic rings. The first kappa shape index (κ1) is 17.5. The van der Waals surface area contributed by atoms with Gasteiger partial charge < -0.3 is 20.1 Å². The van der Waals surface area contributed by atoms with Crippen molar-refractivity contribution >= 4 is 17.0 Å². The van der Waals surface area contributed by atoms with Gasteiger partial charge in [-0.25, -0.2) is 4.98 Å². The standard InChI is InChI=1S/C20H27N3O3/c1-13-2-5-15-16(10-13)22-18(21-15)7-9-23-8-6-17(24)20(12-23,19(25)26)11-14-3-4-14/h2,5,10,14,17,24H,3-4,6-9,11-12H2,1H3,(H,21,22)(H,25,26)/t17-,20-/m0/s1. The fourth-order valence-electron chi connectivity index (χ4n) is 4.25. The quantitative estimate of drug-likeness (QED) is 0.738. The molecule has 2 heterocycles. The monoisotopic (exact) mass is 357 g/mol. The van der Waals surface area contributed by atoms with Gasteiger partial charge in [-0.3, -0.25) is 4.79 Å². The van der Waals surface area contributed by atoms with Crippen molar-refractivity contribution in [1.82, 2.24) is 14.9 Å². The number of imidazole rings is 1. The van der Waals surface area contributed by atoms with Crippen molar-refractivity contribution in [2.75, 3.05) is 19.6 Å². The number of aliphatic carboxylic acids is 1. The number of hydrogen-bond acceptors (Lipinski definition) is 4. The Morgan fingerprint density at radius 2 is 2.19 bits per heavy atom. The van der Waals surface area contributed by atoms with Crippen LogP contribution in [0.15, 0.2) is 18.2 Å². The number of rotatable bonds is 6. The zero-order valence-electron chi connectivity index (χ0n) is 15.2. The van der Waals surface area contributed by atoms with Crippen molar-refractivity contribution in [1.29, 1.82) is 0 Å². The van der Waals surface area contributed by atoms with E-state index in [1.807, 2.05) is 6.07 Å². The number of aryl methyl sites for hydroxylation is 1. The molecule has 2 atom stereocenters. The number of piperidine rings is 1. The van der Waals surface area contributed by atoms with Gasteiger partial charge in [0.05, 0.1) is 17.1 Å². The molecule has 6 heteroatoms. The van der Waals surface area contributed by atoms with Crippen LogP contribution in [0.4, 0.5) is 0 Å². The Morgan fingerprint density at radius 3 is 2.92 bits per heavy atom. The van der Waals surface area contributed by atoms with Crippen molar-refractivity contribution in [3.8, 4) is 0 Å². The molecular formula is C20H27N3O3. The number of aromatic nitrogens is 2. The van der Waals surface area contributed by atoms with E-state index in [0.717, 1.165) is 49.2 Å². The van der Waals surface area contributed by atoms with Gasteiger partial charge in [0.1, 0.15) is 11.2 Å². The summed E-state index contributed by atoms with van der Waals surface area (Å²) in [6.07, 6.45) is 3.33. The predicted molar refractivity (Wildman–Crippen MR) is 99.0 cm³/mol. The van der Waals surface area contributed by atoms with E-state index in [0.29, 0.717) is 25.3 Å². The summed E-state index contributed by atoms with van der Waals surface area (Å²) in [5.41, 5.74) is 2.20. The van der Waals surface area contributed by atoms with Gasteiger partial charge in [-0.1, -0.05) is 18.9 Å². The molecule has 0 radical (unpaired) electrons. The highest BCUT2D eigenvalue weighted by atomic mass is 16.4. The second-order valence-electron chi connectivity index (χ2n) is 8.14. The van der Waals surface area contributed by atoms with Crippen molar-refractivity contribution in [2.45, 2.75) is 45.1 Å². The molecular weight excluding hydrogens is 330 g/mol. The van der Waals surface area contributed by atoms with Crippen LogP contribution in [0.3, 0.4) is 0 Å². The van der Waals surface area contributed by atoms with Gasteiger partial charge in [-0.15, -0.1) is 0 Å². The number of hydrogen-bond donors (Lipinski definition) is 3. The number of carboxylic acid groups (broad SMARTS) is 1. The Bertz CT molecular complexity index is 814. The number of aliphatic hydroxyl groups is 1. The minimum Gasteiger partial charge on any atom is -0.481 e. The van der Waals surface area contributed by atoms with E-state index in [1.165, 1.54) is 5.56 Å². The second-order valence-corrected chi connectivity index (χ2v) is 8.14. The maximum absolute atomic E-state index is 12.0. The minimum atomic E-state index is -1.01. The Hall–Kier alpha value is -1.92. The van der Waals surface area contributed by atoms with Gasteiger partial charge in [0.2, 0.25) is 0 Å². The summed E-state index contributed by atoms with van der Waals surface area (Å²) < 4.78 is 0. The van der Waals surface area contributed by atoms with Crippen molar-refractivity contribution in [2.24, 2.45) is 11.3 Å². The number of nitrogens with zero attached hydrogens (tertiary/aromatic N) is 2. The van der Waals surface area contributed by atoms with Crippen molar-refractivity contribution in [3.05, 3.63) is 29.6 Å². The third kappa shape index (κ3) is 3.35. The van der Waals surface area contributed by atoms with Crippen LogP contribution in [-0.2, 0) is 11.2 Å². The fraction of sp³-hybridized carbons (Fsp3) is 0.600. The van der Waals surface area contributed by atoms with E-state index in [9.17, 15) is 15.0 Å². The van der Waals surface area contributed by atoms with E-state index in [4.69, 9.17) is 0 Å². The molecule has 1 aromatic carbocycles. The number of nitrogens with one attached hydrogen (secondary N) is 1. The minimum absolute atomic E-state index is 0.430. The topological polar surface area (TPSA) is 89.4 Å². The first-order valence-electron chi connectivity index (χ1n) is 9.55. The maximum Gasteiger partial charge on any atom is 0.313 e. The Labute approximate surface area is 153 Å². The largest absolute Gasteiger partial charge is 0.481 e. The highest BCUT2D eigenvalue weighted by Crippen LogP contribution is 2.45. The van der Waals surface area contributed by atoms with Gasteiger partial charge in [0, 0.05) is 26.1 Å². The third-order valence-corrected chi connectivity index (χ3v) is 5.99. The average Bonchev–Trinajstić information content (AvgIpc) is 3.32. The number of fused-ring (bicyclic) bond motifs is 1. The summed E-state index contributed by atoms with van der Waals surface area (Å²) in [6, 6.07) is 6.17. The molecule has 4 rings (SSSR count). The fourth-order valence-corrected chi connectivity index (χ4v) is 4.25.